The Morgan fingerprint density at radius 2 is 1.74 bits per heavy atom. The van der Waals surface area contributed by atoms with Crippen LogP contribution in [0, 0.1) is 13.8 Å². The van der Waals surface area contributed by atoms with Crippen molar-refractivity contribution >= 4 is 0 Å². The molecule has 2 N–H and O–H groups in total. The van der Waals surface area contributed by atoms with Gasteiger partial charge >= 0.3 is 0 Å². The molecule has 0 amide bonds. The molecule has 0 unspecified atom stereocenters. The lowest BCUT2D eigenvalue weighted by molar-refractivity contribution is 0.725. The molecule has 0 fully saturated rings. The maximum Gasteiger partial charge on any atom is 0.0654 e. The summed E-state index contributed by atoms with van der Waals surface area (Å²) in [5, 5.41) is 4.71. The summed E-state index contributed by atoms with van der Waals surface area (Å²) in [5.74, 6) is 0.444. The van der Waals surface area contributed by atoms with Crippen LogP contribution in [0.2, 0.25) is 0 Å². The fraction of sp³-hybridized carbons (Fsp3) is 0.438. The zero-order valence-electron chi connectivity index (χ0n) is 12.3. The molecule has 0 aliphatic carbocycles. The van der Waals surface area contributed by atoms with Crippen LogP contribution in [0.4, 0.5) is 0 Å². The Kier molecular flexibility index (Phi) is 4.05. The number of nitrogens with zero attached hydrogens (tertiary/aromatic N) is 2. The van der Waals surface area contributed by atoms with Crippen LogP contribution in [-0.2, 0) is 6.42 Å². The first-order valence-corrected chi connectivity index (χ1v) is 6.89. The second-order valence-electron chi connectivity index (χ2n) is 5.51. The second kappa shape index (κ2) is 5.57. The Hall–Kier alpha value is -1.61. The third-order valence-corrected chi connectivity index (χ3v) is 3.23. The standard InChI is InChI=1S/C16H23N3/c1-11(2)16-10-14(5-6-17)18-19(16)15-8-12(3)7-13(4)9-15/h7-11H,5-6,17H2,1-4H3. The van der Waals surface area contributed by atoms with E-state index in [9.17, 15) is 0 Å². The number of nitrogens with two attached hydrogens (primary N) is 1. The summed E-state index contributed by atoms with van der Waals surface area (Å²) in [6.45, 7) is 9.28. The lowest BCUT2D eigenvalue weighted by atomic mass is 10.1. The Balaban J connectivity index is 2.52. The number of benzene rings is 1. The van der Waals surface area contributed by atoms with Gasteiger partial charge in [0.1, 0.15) is 0 Å². The van der Waals surface area contributed by atoms with Gasteiger partial charge in [-0.25, -0.2) is 4.68 Å². The molecule has 0 bridgehead atoms. The molecule has 0 spiro atoms. The molecule has 0 saturated heterocycles. The monoisotopic (exact) mass is 257 g/mol. The van der Waals surface area contributed by atoms with Gasteiger partial charge in [0, 0.05) is 12.1 Å². The molecule has 3 nitrogen and oxygen atoms in total. The van der Waals surface area contributed by atoms with Crippen molar-refractivity contribution < 1.29 is 0 Å². The van der Waals surface area contributed by atoms with Crippen molar-refractivity contribution in [2.75, 3.05) is 6.54 Å². The van der Waals surface area contributed by atoms with Crippen molar-refractivity contribution in [3.05, 3.63) is 46.8 Å². The minimum atomic E-state index is 0.444. The molecule has 0 saturated carbocycles. The van der Waals surface area contributed by atoms with Crippen LogP contribution in [0.1, 0.15) is 42.3 Å². The van der Waals surface area contributed by atoms with E-state index in [0.717, 1.165) is 17.8 Å². The number of hydrogen-bond acceptors (Lipinski definition) is 2. The molecular weight excluding hydrogens is 234 g/mol. The van der Waals surface area contributed by atoms with E-state index in [1.807, 2.05) is 0 Å². The first-order chi connectivity index (χ1) is 9.01. The van der Waals surface area contributed by atoms with Gasteiger partial charge in [0.05, 0.1) is 11.4 Å². The zero-order chi connectivity index (χ0) is 14.0. The van der Waals surface area contributed by atoms with E-state index in [0.29, 0.717) is 12.5 Å². The quantitative estimate of drug-likeness (QED) is 0.914. The number of aryl methyl sites for hydroxylation is 2. The summed E-state index contributed by atoms with van der Waals surface area (Å²) < 4.78 is 2.07. The molecule has 19 heavy (non-hydrogen) atoms. The maximum absolute atomic E-state index is 5.63. The molecule has 2 aromatic rings. The Morgan fingerprint density at radius 1 is 1.11 bits per heavy atom. The molecule has 0 aliphatic rings. The minimum Gasteiger partial charge on any atom is -0.330 e. The SMILES string of the molecule is Cc1cc(C)cc(-n2nc(CCN)cc2C(C)C)c1. The lowest BCUT2D eigenvalue weighted by Gasteiger charge is -2.11. The van der Waals surface area contributed by atoms with Crippen molar-refractivity contribution in [3.8, 4) is 5.69 Å². The van der Waals surface area contributed by atoms with Crippen LogP contribution in [0.15, 0.2) is 24.3 Å². The van der Waals surface area contributed by atoms with E-state index in [1.165, 1.54) is 16.8 Å². The molecule has 1 heterocycles. The van der Waals surface area contributed by atoms with Gasteiger partial charge < -0.3 is 5.73 Å². The largest absolute Gasteiger partial charge is 0.330 e. The predicted octanol–water partition coefficient (Wildman–Crippen LogP) is 3.11. The second-order valence-corrected chi connectivity index (χ2v) is 5.51. The third kappa shape index (κ3) is 3.04. The van der Waals surface area contributed by atoms with Gasteiger partial charge in [0.25, 0.3) is 0 Å². The topological polar surface area (TPSA) is 43.8 Å². The first-order valence-electron chi connectivity index (χ1n) is 6.89. The smallest absolute Gasteiger partial charge is 0.0654 e. The van der Waals surface area contributed by atoms with Gasteiger partial charge in [-0.05, 0) is 55.6 Å². The van der Waals surface area contributed by atoms with Gasteiger partial charge in [0.15, 0.2) is 0 Å². The van der Waals surface area contributed by atoms with Crippen molar-refractivity contribution in [2.45, 2.75) is 40.0 Å². The van der Waals surface area contributed by atoms with Gasteiger partial charge in [-0.3, -0.25) is 0 Å². The van der Waals surface area contributed by atoms with Crippen LogP contribution in [-0.4, -0.2) is 16.3 Å². The van der Waals surface area contributed by atoms with E-state index in [2.05, 4.69) is 56.6 Å². The highest BCUT2D eigenvalue weighted by Gasteiger charge is 2.12. The number of hydrogen-bond donors (Lipinski definition) is 1. The van der Waals surface area contributed by atoms with Crippen LogP contribution in [0.3, 0.4) is 0 Å². The summed E-state index contributed by atoms with van der Waals surface area (Å²) in [4.78, 5) is 0. The molecule has 2 rings (SSSR count). The predicted molar refractivity (Wildman–Crippen MR) is 79.9 cm³/mol. The van der Waals surface area contributed by atoms with Gasteiger partial charge in [0.2, 0.25) is 0 Å². The molecular formula is C16H23N3. The van der Waals surface area contributed by atoms with E-state index in [1.54, 1.807) is 0 Å². The third-order valence-electron chi connectivity index (χ3n) is 3.23. The average Bonchev–Trinajstić information content (AvgIpc) is 2.72. The van der Waals surface area contributed by atoms with Crippen molar-refractivity contribution in [3.63, 3.8) is 0 Å². The van der Waals surface area contributed by atoms with Crippen molar-refractivity contribution in [1.82, 2.24) is 9.78 Å². The Labute approximate surface area is 115 Å². The highest BCUT2D eigenvalue weighted by atomic mass is 15.3. The molecule has 1 aromatic heterocycles. The maximum atomic E-state index is 5.63. The summed E-state index contributed by atoms with van der Waals surface area (Å²) >= 11 is 0. The fourth-order valence-corrected chi connectivity index (χ4v) is 2.41. The summed E-state index contributed by atoms with van der Waals surface area (Å²) in [6, 6.07) is 8.72. The van der Waals surface area contributed by atoms with Gasteiger partial charge in [-0.15, -0.1) is 0 Å². The fourth-order valence-electron chi connectivity index (χ4n) is 2.41. The highest BCUT2D eigenvalue weighted by Crippen LogP contribution is 2.22. The van der Waals surface area contributed by atoms with E-state index in [-0.39, 0.29) is 0 Å². The summed E-state index contributed by atoms with van der Waals surface area (Å²) in [7, 11) is 0. The van der Waals surface area contributed by atoms with Crippen molar-refractivity contribution in [2.24, 2.45) is 5.73 Å². The molecule has 3 heteroatoms. The van der Waals surface area contributed by atoms with Gasteiger partial charge in [-0.1, -0.05) is 19.9 Å². The number of aromatic nitrogens is 2. The Morgan fingerprint density at radius 3 is 2.26 bits per heavy atom. The molecule has 0 radical (unpaired) electrons. The summed E-state index contributed by atoms with van der Waals surface area (Å²) in [5.41, 5.74) is 11.6. The lowest BCUT2D eigenvalue weighted by Crippen LogP contribution is -2.06. The van der Waals surface area contributed by atoms with Crippen LogP contribution in [0.25, 0.3) is 5.69 Å². The highest BCUT2D eigenvalue weighted by molar-refractivity contribution is 5.41. The average molecular weight is 257 g/mol. The summed E-state index contributed by atoms with van der Waals surface area (Å²) in [6.07, 6.45) is 0.831. The first kappa shape index (κ1) is 13.8. The zero-order valence-corrected chi connectivity index (χ0v) is 12.3. The van der Waals surface area contributed by atoms with Gasteiger partial charge in [-0.2, -0.15) is 5.10 Å². The Bertz CT molecular complexity index is 547. The van der Waals surface area contributed by atoms with Crippen LogP contribution < -0.4 is 5.73 Å². The molecule has 1 aromatic carbocycles. The van der Waals surface area contributed by atoms with E-state index < -0.39 is 0 Å². The van der Waals surface area contributed by atoms with Crippen molar-refractivity contribution in [1.29, 1.82) is 0 Å². The minimum absolute atomic E-state index is 0.444. The normalized spacial score (nSPS) is 11.3. The van der Waals surface area contributed by atoms with Crippen LogP contribution in [0.5, 0.6) is 0 Å². The number of rotatable bonds is 4. The van der Waals surface area contributed by atoms with E-state index >= 15 is 0 Å². The van der Waals surface area contributed by atoms with E-state index in [4.69, 9.17) is 10.8 Å². The molecule has 0 aliphatic heterocycles. The molecule has 0 atom stereocenters. The van der Waals surface area contributed by atoms with Crippen LogP contribution >= 0.6 is 0 Å². The molecule has 102 valence electrons.